The number of piperazine rings is 1. The van der Waals surface area contributed by atoms with Crippen LogP contribution in [0.4, 0.5) is 5.82 Å². The minimum atomic E-state index is -0.287. The monoisotopic (exact) mass is 439 g/mol. The van der Waals surface area contributed by atoms with E-state index in [1.165, 1.54) is 0 Å². The molecule has 10 heteroatoms. The van der Waals surface area contributed by atoms with Crippen LogP contribution in [-0.2, 0) is 14.3 Å². The number of amides is 2. The van der Waals surface area contributed by atoms with Gasteiger partial charge in [-0.1, -0.05) is 0 Å². The van der Waals surface area contributed by atoms with E-state index in [1.54, 1.807) is 11.0 Å². The minimum Gasteiger partial charge on any atom is -0.368 e. The van der Waals surface area contributed by atoms with E-state index >= 15 is 0 Å². The quantitative estimate of drug-likeness (QED) is 0.687. The lowest BCUT2D eigenvalue weighted by Crippen LogP contribution is -2.59. The van der Waals surface area contributed by atoms with E-state index in [1.807, 2.05) is 35.8 Å². The summed E-state index contributed by atoms with van der Waals surface area (Å²) in [5, 5.41) is 4.48. The summed E-state index contributed by atoms with van der Waals surface area (Å²) in [6.07, 6.45) is 3.01. The summed E-state index contributed by atoms with van der Waals surface area (Å²) in [7, 11) is 0. The van der Waals surface area contributed by atoms with Crippen molar-refractivity contribution in [3.63, 3.8) is 0 Å². The van der Waals surface area contributed by atoms with Gasteiger partial charge in [-0.05, 0) is 32.8 Å². The first-order valence-corrected chi connectivity index (χ1v) is 11.3. The molecule has 3 fully saturated rings. The van der Waals surface area contributed by atoms with Gasteiger partial charge in [0.1, 0.15) is 18.2 Å². The number of rotatable bonds is 4. The maximum atomic E-state index is 13.0. The molecule has 10 nitrogen and oxygen atoms in total. The fourth-order valence-corrected chi connectivity index (χ4v) is 4.69. The Morgan fingerprint density at radius 1 is 0.969 bits per heavy atom. The molecule has 2 aromatic heterocycles. The molecule has 2 aromatic rings. The van der Waals surface area contributed by atoms with Crippen molar-refractivity contribution in [3.05, 3.63) is 29.8 Å². The summed E-state index contributed by atoms with van der Waals surface area (Å²) in [5.74, 6) is 1.73. The van der Waals surface area contributed by atoms with Gasteiger partial charge in [-0.3, -0.25) is 9.59 Å². The van der Waals surface area contributed by atoms with E-state index in [-0.39, 0.29) is 23.8 Å². The zero-order valence-corrected chi connectivity index (χ0v) is 18.6. The van der Waals surface area contributed by atoms with Gasteiger partial charge in [0, 0.05) is 57.6 Å². The number of hydrogen-bond acceptors (Lipinski definition) is 7. The van der Waals surface area contributed by atoms with Crippen molar-refractivity contribution >= 4 is 17.6 Å². The first-order chi connectivity index (χ1) is 15.5. The molecule has 170 valence electrons. The number of ether oxygens (including phenoxy) is 1. The Kier molecular flexibility index (Phi) is 5.54. The lowest BCUT2D eigenvalue weighted by molar-refractivity contribution is -0.147. The van der Waals surface area contributed by atoms with Crippen LogP contribution in [0.3, 0.4) is 0 Å². The number of aromatic nitrogens is 4. The fourth-order valence-electron chi connectivity index (χ4n) is 4.69. The van der Waals surface area contributed by atoms with E-state index in [0.29, 0.717) is 45.9 Å². The van der Waals surface area contributed by atoms with Crippen LogP contribution < -0.4 is 4.90 Å². The average Bonchev–Trinajstić information content (AvgIpc) is 3.42. The molecule has 3 aliphatic heterocycles. The largest absolute Gasteiger partial charge is 0.368 e. The molecule has 0 aliphatic carbocycles. The Morgan fingerprint density at radius 2 is 1.66 bits per heavy atom. The molecule has 0 saturated carbocycles. The second kappa shape index (κ2) is 8.50. The van der Waals surface area contributed by atoms with Gasteiger partial charge < -0.3 is 19.4 Å². The van der Waals surface area contributed by atoms with E-state index in [4.69, 9.17) is 4.74 Å². The van der Waals surface area contributed by atoms with E-state index in [9.17, 15) is 9.59 Å². The highest BCUT2D eigenvalue weighted by Crippen LogP contribution is 2.26. The number of aryl methyl sites for hydroxylation is 2. The zero-order valence-electron chi connectivity index (χ0n) is 18.6. The third kappa shape index (κ3) is 3.94. The van der Waals surface area contributed by atoms with Gasteiger partial charge in [-0.2, -0.15) is 5.10 Å². The lowest BCUT2D eigenvalue weighted by atomic mass is 9.98. The normalized spacial score (nSPS) is 21.7. The van der Waals surface area contributed by atoms with Crippen molar-refractivity contribution in [1.29, 1.82) is 0 Å². The van der Waals surface area contributed by atoms with Crippen molar-refractivity contribution < 1.29 is 14.3 Å². The maximum Gasteiger partial charge on any atom is 0.251 e. The predicted octanol–water partition coefficient (Wildman–Crippen LogP) is 0.565. The summed E-state index contributed by atoms with van der Waals surface area (Å²) in [5.41, 5.74) is 1.95. The predicted molar refractivity (Wildman–Crippen MR) is 116 cm³/mol. The molecule has 3 saturated heterocycles. The van der Waals surface area contributed by atoms with Crippen LogP contribution >= 0.6 is 0 Å². The molecule has 5 rings (SSSR count). The molecule has 0 spiro atoms. The molecule has 32 heavy (non-hydrogen) atoms. The molecule has 0 bridgehead atoms. The Bertz CT molecular complexity index is 1000. The molecule has 1 atom stereocenters. The van der Waals surface area contributed by atoms with Crippen LogP contribution in [0.15, 0.2) is 18.5 Å². The van der Waals surface area contributed by atoms with Gasteiger partial charge in [0.25, 0.3) is 5.91 Å². The molecular formula is C22H29N7O3. The summed E-state index contributed by atoms with van der Waals surface area (Å²) in [6.45, 7) is 8.24. The first-order valence-electron chi connectivity index (χ1n) is 11.3. The third-order valence-electron chi connectivity index (χ3n) is 6.53. The Hall–Kier alpha value is -3.01. The van der Waals surface area contributed by atoms with E-state index in [0.717, 1.165) is 35.9 Å². The Balaban J connectivity index is 1.14. The van der Waals surface area contributed by atoms with Gasteiger partial charge in [0.15, 0.2) is 5.82 Å². The molecule has 5 heterocycles. The average molecular weight is 440 g/mol. The number of carbonyl (C=O) groups is 2. The Labute approximate surface area is 187 Å². The second-order valence-corrected chi connectivity index (χ2v) is 8.83. The van der Waals surface area contributed by atoms with Gasteiger partial charge in [-0.25, -0.2) is 14.6 Å². The summed E-state index contributed by atoms with van der Waals surface area (Å²) in [4.78, 5) is 40.0. The minimum absolute atomic E-state index is 0.0393. The molecule has 0 unspecified atom stereocenters. The molecule has 0 aromatic carbocycles. The molecule has 0 radical (unpaired) electrons. The van der Waals surface area contributed by atoms with E-state index < -0.39 is 0 Å². The molecule has 3 aliphatic rings. The van der Waals surface area contributed by atoms with Crippen molar-refractivity contribution in [2.24, 2.45) is 5.92 Å². The van der Waals surface area contributed by atoms with Gasteiger partial charge in [-0.15, -0.1) is 0 Å². The maximum absolute atomic E-state index is 13.0. The highest BCUT2D eigenvalue weighted by molar-refractivity contribution is 5.83. The van der Waals surface area contributed by atoms with Gasteiger partial charge in [0.05, 0.1) is 11.6 Å². The smallest absolute Gasteiger partial charge is 0.251 e. The topological polar surface area (TPSA) is 96.7 Å². The van der Waals surface area contributed by atoms with Crippen LogP contribution in [0.2, 0.25) is 0 Å². The van der Waals surface area contributed by atoms with Crippen LogP contribution in [0.5, 0.6) is 0 Å². The van der Waals surface area contributed by atoms with Crippen molar-refractivity contribution in [1.82, 2.24) is 29.5 Å². The number of nitrogens with zero attached hydrogens (tertiary/aromatic N) is 7. The van der Waals surface area contributed by atoms with Gasteiger partial charge >= 0.3 is 0 Å². The number of hydrogen-bond donors (Lipinski definition) is 0. The highest BCUT2D eigenvalue weighted by atomic mass is 16.5. The van der Waals surface area contributed by atoms with Crippen molar-refractivity contribution in [3.8, 4) is 5.82 Å². The molecule has 0 N–H and O–H groups in total. The Morgan fingerprint density at radius 3 is 2.28 bits per heavy atom. The zero-order chi connectivity index (χ0) is 22.2. The van der Waals surface area contributed by atoms with Crippen LogP contribution in [-0.4, -0.2) is 93.3 Å². The fraction of sp³-hybridized carbons (Fsp3) is 0.591. The van der Waals surface area contributed by atoms with Crippen molar-refractivity contribution in [2.45, 2.75) is 32.8 Å². The van der Waals surface area contributed by atoms with E-state index in [2.05, 4.69) is 20.0 Å². The summed E-state index contributed by atoms with van der Waals surface area (Å²) in [6, 6.07) is 3.92. The first kappa shape index (κ1) is 20.9. The lowest BCUT2D eigenvalue weighted by Gasteiger charge is -2.43. The summed E-state index contributed by atoms with van der Waals surface area (Å²) < 4.78 is 7.32. The molecule has 2 amide bonds. The van der Waals surface area contributed by atoms with Crippen LogP contribution in [0, 0.1) is 19.8 Å². The highest BCUT2D eigenvalue weighted by Gasteiger charge is 2.38. The van der Waals surface area contributed by atoms with Crippen molar-refractivity contribution in [2.75, 3.05) is 50.8 Å². The SMILES string of the molecule is Cc1cc(C)n(-c2cc(N3CC(C(=O)N4CCN(C(=O)[C@@H]5CCCO5)CC4)C3)ncn2)n1. The van der Waals surface area contributed by atoms with Gasteiger partial charge in [0.2, 0.25) is 5.91 Å². The summed E-state index contributed by atoms with van der Waals surface area (Å²) >= 11 is 0. The number of carbonyl (C=O) groups excluding carboxylic acids is 2. The third-order valence-corrected chi connectivity index (χ3v) is 6.53. The number of anilines is 1. The second-order valence-electron chi connectivity index (χ2n) is 8.83. The molecular weight excluding hydrogens is 410 g/mol. The standard InChI is InChI=1S/C22H29N7O3/c1-15-10-16(2)29(25-15)20-11-19(23-14-24-20)28-12-17(13-28)21(30)26-5-7-27(8-6-26)22(31)18-4-3-9-32-18/h10-11,14,17-18H,3-9,12-13H2,1-2H3/t18-/m0/s1. The van der Waals surface area contributed by atoms with Crippen LogP contribution in [0.1, 0.15) is 24.2 Å². The van der Waals surface area contributed by atoms with Crippen LogP contribution in [0.25, 0.3) is 5.82 Å².